The quantitative estimate of drug-likeness (QED) is 0.449. The van der Waals surface area contributed by atoms with E-state index in [4.69, 9.17) is 5.11 Å². The van der Waals surface area contributed by atoms with Gasteiger partial charge in [-0.2, -0.15) is 0 Å². The molecule has 0 aliphatic carbocycles. The van der Waals surface area contributed by atoms with Crippen molar-refractivity contribution in [1.29, 1.82) is 0 Å². The molecule has 0 fully saturated rings. The fraction of sp³-hybridized carbons (Fsp3) is 0.263. The number of nitrogens with one attached hydrogen (secondary N) is 2. The summed E-state index contributed by atoms with van der Waals surface area (Å²) in [5.74, 6) is -5.37. The third-order valence-electron chi connectivity index (χ3n) is 3.87. The van der Waals surface area contributed by atoms with E-state index in [1.807, 2.05) is 19.2 Å². The van der Waals surface area contributed by atoms with Gasteiger partial charge in [0.2, 0.25) is 5.88 Å². The molecule has 2 rings (SSSR count). The number of carbonyl (C=O) groups excluding carboxylic acids is 2. The zero-order chi connectivity index (χ0) is 21.7. The molecule has 1 aromatic carbocycles. The Balaban J connectivity index is 2.71. The van der Waals surface area contributed by atoms with Crippen molar-refractivity contribution in [3.63, 3.8) is 0 Å². The van der Waals surface area contributed by atoms with Gasteiger partial charge in [0.05, 0.1) is 5.69 Å². The molecule has 1 aromatic heterocycles. The summed E-state index contributed by atoms with van der Waals surface area (Å²) in [5.41, 5.74) is -2.43. The van der Waals surface area contributed by atoms with Crippen molar-refractivity contribution in [2.75, 3.05) is 13.1 Å². The molecular formula is C19H21N3O7. The predicted molar refractivity (Wildman–Crippen MR) is 103 cm³/mol. The lowest BCUT2D eigenvalue weighted by molar-refractivity contribution is -0.135. The highest BCUT2D eigenvalue weighted by atomic mass is 16.4. The predicted octanol–water partition coefficient (Wildman–Crippen LogP) is 0.449. The zero-order valence-corrected chi connectivity index (χ0v) is 15.8. The van der Waals surface area contributed by atoms with Crippen LogP contribution in [0.1, 0.15) is 34.6 Å². The molecule has 29 heavy (non-hydrogen) atoms. The summed E-state index contributed by atoms with van der Waals surface area (Å²) in [6, 6.07) is 7.69. The third kappa shape index (κ3) is 4.72. The fourth-order valence-corrected chi connectivity index (χ4v) is 2.51. The van der Waals surface area contributed by atoms with Gasteiger partial charge in [-0.25, -0.2) is 4.57 Å². The molecule has 0 saturated carbocycles. The second kappa shape index (κ2) is 8.91. The third-order valence-corrected chi connectivity index (χ3v) is 3.87. The number of hydrogen-bond donors (Lipinski definition) is 5. The van der Waals surface area contributed by atoms with E-state index in [0.29, 0.717) is 4.57 Å². The second-order valence-electron chi connectivity index (χ2n) is 6.58. The number of nitrogens with zero attached hydrogens (tertiary/aromatic N) is 1. The first-order valence-corrected chi connectivity index (χ1v) is 8.69. The number of hydrogen-bond acceptors (Lipinski definition) is 6. The average Bonchev–Trinajstić information content (AvgIpc) is 2.65. The number of carboxylic acid groups (broad SMARTS) is 1. The number of amides is 2. The Hall–Kier alpha value is -3.82. The molecule has 0 atom stereocenters. The number of para-hydroxylation sites is 1. The maximum atomic E-state index is 12.9. The van der Waals surface area contributed by atoms with E-state index < -0.39 is 52.6 Å². The van der Waals surface area contributed by atoms with Crippen molar-refractivity contribution in [2.24, 2.45) is 5.92 Å². The molecule has 10 nitrogen and oxygen atoms in total. The van der Waals surface area contributed by atoms with Gasteiger partial charge in [-0.3, -0.25) is 19.2 Å². The summed E-state index contributed by atoms with van der Waals surface area (Å²) >= 11 is 0. The minimum Gasteiger partial charge on any atom is -0.506 e. The van der Waals surface area contributed by atoms with E-state index in [2.05, 4.69) is 5.32 Å². The standard InChI is InChI=1S/C19H21N3O7/c1-10(2)8-20-16(26)13-15(25)14(17(27)21-9-12(23)24)19(29)22(18(13)28)11-6-4-3-5-7-11/h3-7,10,25,29H,8-9H2,1-2H3,(H,20,26)(H,21,27)(H,23,24). The van der Waals surface area contributed by atoms with Crippen LogP contribution in [0.15, 0.2) is 35.1 Å². The molecule has 0 spiro atoms. The number of carboxylic acids is 1. The summed E-state index contributed by atoms with van der Waals surface area (Å²) in [5, 5.41) is 34.2. The summed E-state index contributed by atoms with van der Waals surface area (Å²) in [6.07, 6.45) is 0. The lowest BCUT2D eigenvalue weighted by atomic mass is 10.1. The van der Waals surface area contributed by atoms with E-state index in [-0.39, 0.29) is 18.2 Å². The normalized spacial score (nSPS) is 10.6. The molecule has 0 aliphatic rings. The van der Waals surface area contributed by atoms with Crippen LogP contribution in [0.5, 0.6) is 11.6 Å². The van der Waals surface area contributed by atoms with Crippen LogP contribution in [0.4, 0.5) is 0 Å². The Labute approximate surface area is 165 Å². The zero-order valence-electron chi connectivity index (χ0n) is 15.8. The highest BCUT2D eigenvalue weighted by Gasteiger charge is 2.30. The van der Waals surface area contributed by atoms with Gasteiger partial charge < -0.3 is 26.0 Å². The summed E-state index contributed by atoms with van der Waals surface area (Å²) in [4.78, 5) is 48.5. The minimum atomic E-state index is -1.36. The monoisotopic (exact) mass is 403 g/mol. The number of pyridine rings is 1. The van der Waals surface area contributed by atoms with Crippen LogP contribution in [-0.2, 0) is 4.79 Å². The molecule has 2 amide bonds. The number of benzene rings is 1. The van der Waals surface area contributed by atoms with Crippen LogP contribution >= 0.6 is 0 Å². The van der Waals surface area contributed by atoms with Crippen molar-refractivity contribution in [2.45, 2.75) is 13.8 Å². The van der Waals surface area contributed by atoms with Crippen molar-refractivity contribution in [3.05, 3.63) is 51.8 Å². The van der Waals surface area contributed by atoms with Crippen LogP contribution < -0.4 is 16.2 Å². The van der Waals surface area contributed by atoms with Gasteiger partial charge in [0.1, 0.15) is 17.7 Å². The van der Waals surface area contributed by atoms with Crippen molar-refractivity contribution in [3.8, 4) is 17.3 Å². The Morgan fingerprint density at radius 2 is 1.59 bits per heavy atom. The molecule has 0 unspecified atom stereocenters. The molecule has 0 radical (unpaired) electrons. The first kappa shape index (κ1) is 21.5. The van der Waals surface area contributed by atoms with E-state index >= 15 is 0 Å². The maximum absolute atomic E-state index is 12.9. The molecule has 0 bridgehead atoms. The van der Waals surface area contributed by atoms with E-state index in [1.54, 1.807) is 18.2 Å². The molecule has 10 heteroatoms. The fourth-order valence-electron chi connectivity index (χ4n) is 2.51. The molecule has 2 aromatic rings. The number of rotatable bonds is 7. The largest absolute Gasteiger partial charge is 0.506 e. The maximum Gasteiger partial charge on any atom is 0.322 e. The Kier molecular flexibility index (Phi) is 6.60. The van der Waals surface area contributed by atoms with Crippen LogP contribution in [0.2, 0.25) is 0 Å². The van der Waals surface area contributed by atoms with Crippen molar-refractivity contribution >= 4 is 17.8 Å². The van der Waals surface area contributed by atoms with Gasteiger partial charge in [-0.1, -0.05) is 32.0 Å². The van der Waals surface area contributed by atoms with Crippen LogP contribution in [0.3, 0.4) is 0 Å². The van der Waals surface area contributed by atoms with Gasteiger partial charge in [0.25, 0.3) is 17.4 Å². The lowest BCUT2D eigenvalue weighted by Gasteiger charge is -2.17. The van der Waals surface area contributed by atoms with E-state index in [1.165, 1.54) is 12.1 Å². The highest BCUT2D eigenvalue weighted by molar-refractivity contribution is 6.05. The molecular weight excluding hydrogens is 382 g/mol. The van der Waals surface area contributed by atoms with Crippen molar-refractivity contribution in [1.82, 2.24) is 15.2 Å². The first-order chi connectivity index (χ1) is 13.6. The van der Waals surface area contributed by atoms with Gasteiger partial charge in [-0.15, -0.1) is 0 Å². The SMILES string of the molecule is CC(C)CNC(=O)c1c(O)c(C(=O)NCC(=O)O)c(O)n(-c2ccccc2)c1=O. The topological polar surface area (TPSA) is 158 Å². The van der Waals surface area contributed by atoms with Gasteiger partial charge in [0.15, 0.2) is 5.75 Å². The van der Waals surface area contributed by atoms with Crippen molar-refractivity contribution < 1.29 is 29.7 Å². The summed E-state index contributed by atoms with van der Waals surface area (Å²) in [6.45, 7) is 3.05. The highest BCUT2D eigenvalue weighted by Crippen LogP contribution is 2.30. The smallest absolute Gasteiger partial charge is 0.322 e. The first-order valence-electron chi connectivity index (χ1n) is 8.69. The summed E-state index contributed by atoms with van der Waals surface area (Å²) in [7, 11) is 0. The number of aromatic nitrogens is 1. The Morgan fingerprint density at radius 3 is 2.14 bits per heavy atom. The average molecular weight is 403 g/mol. The van der Waals surface area contributed by atoms with Crippen LogP contribution in [0.25, 0.3) is 5.69 Å². The molecule has 1 heterocycles. The lowest BCUT2D eigenvalue weighted by Crippen LogP contribution is -2.37. The minimum absolute atomic E-state index is 0.0490. The van der Waals surface area contributed by atoms with Gasteiger partial charge >= 0.3 is 5.97 Å². The molecule has 0 saturated heterocycles. The summed E-state index contributed by atoms with van der Waals surface area (Å²) < 4.78 is 0.694. The number of carbonyl (C=O) groups is 3. The van der Waals surface area contributed by atoms with E-state index in [9.17, 15) is 29.4 Å². The van der Waals surface area contributed by atoms with Crippen LogP contribution in [-0.4, -0.2) is 50.8 Å². The Bertz CT molecular complexity index is 997. The molecule has 154 valence electrons. The Morgan fingerprint density at radius 1 is 1.00 bits per heavy atom. The number of aliphatic carboxylic acids is 1. The second-order valence-corrected chi connectivity index (χ2v) is 6.58. The molecule has 0 aliphatic heterocycles. The number of aromatic hydroxyl groups is 2. The van der Waals surface area contributed by atoms with Gasteiger partial charge in [0, 0.05) is 6.54 Å². The van der Waals surface area contributed by atoms with Gasteiger partial charge in [-0.05, 0) is 18.1 Å². The molecule has 5 N–H and O–H groups in total. The van der Waals surface area contributed by atoms with Crippen LogP contribution in [0, 0.1) is 5.92 Å². The van der Waals surface area contributed by atoms with E-state index in [0.717, 1.165) is 0 Å².